The van der Waals surface area contributed by atoms with Gasteiger partial charge in [0.1, 0.15) is 5.75 Å². The summed E-state index contributed by atoms with van der Waals surface area (Å²) in [4.78, 5) is 15.1. The zero-order valence-corrected chi connectivity index (χ0v) is 8.36. The van der Waals surface area contributed by atoms with E-state index in [-0.39, 0.29) is 18.4 Å². The predicted octanol–water partition coefficient (Wildman–Crippen LogP) is 1.01. The Labute approximate surface area is 83.1 Å². The number of nitrogens with two attached hydrogens (primary N) is 1. The van der Waals surface area contributed by atoms with Gasteiger partial charge in [-0.25, -0.2) is 0 Å². The van der Waals surface area contributed by atoms with Crippen LogP contribution in [0.1, 0.15) is 24.2 Å². The highest BCUT2D eigenvalue weighted by atomic mass is 16.5. The van der Waals surface area contributed by atoms with Gasteiger partial charge in [-0.15, -0.1) is 0 Å². The molecule has 0 saturated heterocycles. The van der Waals surface area contributed by atoms with Crippen molar-refractivity contribution in [3.8, 4) is 5.75 Å². The molecule has 76 valence electrons. The Kier molecular flexibility index (Phi) is 3.59. The molecule has 4 heteroatoms. The molecule has 0 amide bonds. The molecule has 0 radical (unpaired) electrons. The van der Waals surface area contributed by atoms with E-state index in [0.29, 0.717) is 11.3 Å². The molecule has 0 unspecified atom stereocenters. The number of nitrogens with zero attached hydrogens (tertiary/aromatic N) is 1. The molecule has 0 atom stereocenters. The lowest BCUT2D eigenvalue weighted by atomic mass is 10.2. The summed E-state index contributed by atoms with van der Waals surface area (Å²) in [5.41, 5.74) is 5.73. The molecule has 1 aromatic rings. The maximum atomic E-state index is 11.2. The summed E-state index contributed by atoms with van der Waals surface area (Å²) in [6.07, 6.45) is 3.13. The van der Waals surface area contributed by atoms with Crippen LogP contribution in [0.25, 0.3) is 0 Å². The smallest absolute Gasteiger partial charge is 0.178 e. The molecule has 0 aliphatic rings. The van der Waals surface area contributed by atoms with Crippen LogP contribution in [0.15, 0.2) is 18.5 Å². The van der Waals surface area contributed by atoms with E-state index in [4.69, 9.17) is 10.5 Å². The Morgan fingerprint density at radius 1 is 1.57 bits per heavy atom. The van der Waals surface area contributed by atoms with Crippen LogP contribution in [0.3, 0.4) is 0 Å². The van der Waals surface area contributed by atoms with E-state index in [1.807, 2.05) is 13.8 Å². The van der Waals surface area contributed by atoms with Gasteiger partial charge in [-0.05, 0) is 19.9 Å². The number of ketones is 1. The Morgan fingerprint density at radius 3 is 2.86 bits per heavy atom. The normalized spacial score (nSPS) is 10.3. The lowest BCUT2D eigenvalue weighted by Gasteiger charge is -2.09. The Bertz CT molecular complexity index is 324. The molecular formula is C10H14N2O2. The fourth-order valence-electron chi connectivity index (χ4n) is 1.03. The van der Waals surface area contributed by atoms with Gasteiger partial charge in [0.25, 0.3) is 0 Å². The molecule has 1 rings (SSSR count). The van der Waals surface area contributed by atoms with Crippen LogP contribution in [0.5, 0.6) is 5.75 Å². The van der Waals surface area contributed by atoms with Crippen LogP contribution in [0.2, 0.25) is 0 Å². The molecule has 14 heavy (non-hydrogen) atoms. The van der Waals surface area contributed by atoms with Gasteiger partial charge in [-0.1, -0.05) is 0 Å². The van der Waals surface area contributed by atoms with Gasteiger partial charge in [-0.2, -0.15) is 0 Å². The third-order valence-electron chi connectivity index (χ3n) is 1.59. The maximum Gasteiger partial charge on any atom is 0.178 e. The van der Waals surface area contributed by atoms with Crippen molar-refractivity contribution in [1.82, 2.24) is 4.98 Å². The highest BCUT2D eigenvalue weighted by Gasteiger charge is 2.05. The standard InChI is InChI=1S/C10H14N2O2/c1-7(2)14-9-3-8(5-12-6-9)10(13)4-11/h3,5-7H,4,11H2,1-2H3. The molecule has 1 aromatic heterocycles. The van der Waals surface area contributed by atoms with Gasteiger partial charge in [0.15, 0.2) is 5.78 Å². The second kappa shape index (κ2) is 4.72. The van der Waals surface area contributed by atoms with Crippen molar-refractivity contribution in [3.05, 3.63) is 24.0 Å². The van der Waals surface area contributed by atoms with Gasteiger partial charge in [-0.3, -0.25) is 9.78 Å². The average molecular weight is 194 g/mol. The number of ether oxygens (including phenoxy) is 1. The molecule has 0 saturated carbocycles. The fourth-order valence-corrected chi connectivity index (χ4v) is 1.03. The number of hydrogen-bond donors (Lipinski definition) is 1. The van der Waals surface area contributed by atoms with Gasteiger partial charge in [0, 0.05) is 11.8 Å². The summed E-state index contributed by atoms with van der Waals surface area (Å²) in [7, 11) is 0. The first-order valence-electron chi connectivity index (χ1n) is 4.48. The molecule has 0 aliphatic heterocycles. The van der Waals surface area contributed by atoms with Gasteiger partial charge >= 0.3 is 0 Å². The maximum absolute atomic E-state index is 11.2. The molecule has 0 bridgehead atoms. The molecule has 4 nitrogen and oxygen atoms in total. The minimum absolute atomic E-state index is 0.00713. The van der Waals surface area contributed by atoms with Crippen LogP contribution < -0.4 is 10.5 Å². The van der Waals surface area contributed by atoms with Crippen LogP contribution in [-0.2, 0) is 0 Å². The highest BCUT2D eigenvalue weighted by Crippen LogP contribution is 2.12. The van der Waals surface area contributed by atoms with E-state index >= 15 is 0 Å². The minimum Gasteiger partial charge on any atom is -0.489 e. The number of carbonyl (C=O) groups is 1. The molecule has 2 N–H and O–H groups in total. The third kappa shape index (κ3) is 2.81. The second-order valence-corrected chi connectivity index (χ2v) is 3.20. The summed E-state index contributed by atoms with van der Waals surface area (Å²) in [5.74, 6) is 0.464. The molecule has 0 aromatic carbocycles. The number of rotatable bonds is 4. The SMILES string of the molecule is CC(C)Oc1cncc(C(=O)CN)c1. The van der Waals surface area contributed by atoms with Crippen molar-refractivity contribution >= 4 is 5.78 Å². The van der Waals surface area contributed by atoms with Crippen LogP contribution in [0.4, 0.5) is 0 Å². The predicted molar refractivity (Wildman–Crippen MR) is 53.4 cm³/mol. The number of hydrogen-bond acceptors (Lipinski definition) is 4. The molecule has 0 fully saturated rings. The second-order valence-electron chi connectivity index (χ2n) is 3.20. The molecular weight excluding hydrogens is 180 g/mol. The van der Waals surface area contributed by atoms with E-state index in [2.05, 4.69) is 4.98 Å². The summed E-state index contributed by atoms with van der Waals surface area (Å²) in [6.45, 7) is 3.82. The zero-order valence-electron chi connectivity index (χ0n) is 8.36. The molecule has 1 heterocycles. The van der Waals surface area contributed by atoms with Crippen molar-refractivity contribution in [3.63, 3.8) is 0 Å². The summed E-state index contributed by atoms with van der Waals surface area (Å²) < 4.78 is 5.39. The van der Waals surface area contributed by atoms with Crippen LogP contribution in [-0.4, -0.2) is 23.4 Å². The average Bonchev–Trinajstić information content (AvgIpc) is 2.16. The first-order valence-corrected chi connectivity index (χ1v) is 4.48. The van der Waals surface area contributed by atoms with Crippen molar-refractivity contribution in [2.24, 2.45) is 5.73 Å². The first-order chi connectivity index (χ1) is 6.63. The van der Waals surface area contributed by atoms with E-state index < -0.39 is 0 Å². The Hall–Kier alpha value is -1.42. The number of carbonyl (C=O) groups excluding carboxylic acids is 1. The molecule has 0 spiro atoms. The summed E-state index contributed by atoms with van der Waals surface area (Å²) >= 11 is 0. The lowest BCUT2D eigenvalue weighted by Crippen LogP contribution is -2.14. The minimum atomic E-state index is -0.133. The lowest BCUT2D eigenvalue weighted by molar-refractivity contribution is 0.1000. The number of aromatic nitrogens is 1. The number of Topliss-reactive ketones (excluding diaryl/α,β-unsaturated/α-hetero) is 1. The van der Waals surface area contributed by atoms with Crippen molar-refractivity contribution < 1.29 is 9.53 Å². The highest BCUT2D eigenvalue weighted by molar-refractivity contribution is 5.97. The quantitative estimate of drug-likeness (QED) is 0.726. The third-order valence-corrected chi connectivity index (χ3v) is 1.59. The zero-order chi connectivity index (χ0) is 10.6. The largest absolute Gasteiger partial charge is 0.489 e. The Balaban J connectivity index is 2.84. The van der Waals surface area contributed by atoms with Gasteiger partial charge < -0.3 is 10.5 Å². The van der Waals surface area contributed by atoms with Gasteiger partial charge in [0.2, 0.25) is 0 Å². The van der Waals surface area contributed by atoms with Crippen molar-refractivity contribution in [2.45, 2.75) is 20.0 Å². The fraction of sp³-hybridized carbons (Fsp3) is 0.400. The van der Waals surface area contributed by atoms with Crippen molar-refractivity contribution in [2.75, 3.05) is 6.54 Å². The molecule has 0 aliphatic carbocycles. The topological polar surface area (TPSA) is 65.2 Å². The van der Waals surface area contributed by atoms with Gasteiger partial charge in [0.05, 0.1) is 18.8 Å². The van der Waals surface area contributed by atoms with E-state index in [1.54, 1.807) is 12.3 Å². The Morgan fingerprint density at radius 2 is 2.29 bits per heavy atom. The van der Waals surface area contributed by atoms with Crippen LogP contribution in [0, 0.1) is 0 Å². The van der Waals surface area contributed by atoms with Crippen molar-refractivity contribution in [1.29, 1.82) is 0 Å². The number of pyridine rings is 1. The first kappa shape index (κ1) is 10.7. The van der Waals surface area contributed by atoms with E-state index in [1.165, 1.54) is 6.20 Å². The monoisotopic (exact) mass is 194 g/mol. The van der Waals surface area contributed by atoms with E-state index in [9.17, 15) is 4.79 Å². The van der Waals surface area contributed by atoms with Crippen LogP contribution >= 0.6 is 0 Å². The summed E-state index contributed by atoms with van der Waals surface area (Å²) in [6, 6.07) is 1.65. The summed E-state index contributed by atoms with van der Waals surface area (Å²) in [5, 5.41) is 0. The van der Waals surface area contributed by atoms with E-state index in [0.717, 1.165) is 0 Å².